The fraction of sp³-hybridized carbons (Fsp3) is 0.182. The number of H-pyrrole nitrogens is 1. The molecule has 2 aromatic heterocycles. The summed E-state index contributed by atoms with van der Waals surface area (Å²) in [7, 11) is 1.81. The van der Waals surface area contributed by atoms with E-state index in [-0.39, 0.29) is 0 Å². The Bertz CT molecular complexity index is 677. The van der Waals surface area contributed by atoms with Crippen LogP contribution in [-0.2, 0) is 6.54 Å². The van der Waals surface area contributed by atoms with Crippen molar-refractivity contribution in [2.75, 3.05) is 12.4 Å². The topological polar surface area (TPSA) is 79.8 Å². The maximum Gasteiger partial charge on any atom is 0.328 e. The first-order valence-electron chi connectivity index (χ1n) is 5.22. The lowest BCUT2D eigenvalue weighted by atomic mass is 10.3. The van der Waals surface area contributed by atoms with Crippen molar-refractivity contribution in [1.82, 2.24) is 14.5 Å². The third-order valence-electron chi connectivity index (χ3n) is 2.41. The Kier molecular flexibility index (Phi) is 3.61. The van der Waals surface area contributed by atoms with E-state index in [2.05, 4.69) is 31.2 Å². The fourth-order valence-corrected chi connectivity index (χ4v) is 1.84. The van der Waals surface area contributed by atoms with Crippen molar-refractivity contribution < 1.29 is 0 Å². The number of aromatic amines is 1. The van der Waals surface area contributed by atoms with E-state index in [0.717, 1.165) is 11.4 Å². The van der Waals surface area contributed by atoms with Crippen molar-refractivity contribution in [1.29, 1.82) is 0 Å². The lowest BCUT2D eigenvalue weighted by Gasteiger charge is -2.06. The number of hydrogen-bond donors (Lipinski definition) is 2. The lowest BCUT2D eigenvalue weighted by Crippen LogP contribution is -2.30. The van der Waals surface area contributed by atoms with E-state index in [0.29, 0.717) is 11.0 Å². The van der Waals surface area contributed by atoms with Gasteiger partial charge in [0.05, 0.1) is 16.7 Å². The summed E-state index contributed by atoms with van der Waals surface area (Å²) in [6.07, 6.45) is 3.11. The zero-order valence-corrected chi connectivity index (χ0v) is 11.2. The molecule has 0 fully saturated rings. The number of halogens is 1. The molecule has 18 heavy (non-hydrogen) atoms. The van der Waals surface area contributed by atoms with Gasteiger partial charge >= 0.3 is 5.69 Å². The third kappa shape index (κ3) is 2.67. The van der Waals surface area contributed by atoms with Crippen LogP contribution in [0.25, 0.3) is 0 Å². The van der Waals surface area contributed by atoms with Crippen LogP contribution in [0, 0.1) is 0 Å². The third-order valence-corrected chi connectivity index (χ3v) is 2.97. The quantitative estimate of drug-likeness (QED) is 0.878. The first kappa shape index (κ1) is 12.6. The summed E-state index contributed by atoms with van der Waals surface area (Å²) < 4.78 is 1.69. The Morgan fingerprint density at radius 2 is 2.28 bits per heavy atom. The molecule has 2 rings (SSSR count). The van der Waals surface area contributed by atoms with Gasteiger partial charge in [-0.05, 0) is 28.1 Å². The summed E-state index contributed by atoms with van der Waals surface area (Å²) >= 11 is 3.09. The molecular weight excluding hydrogens is 300 g/mol. The monoisotopic (exact) mass is 310 g/mol. The van der Waals surface area contributed by atoms with E-state index in [1.165, 1.54) is 10.8 Å². The number of aromatic nitrogens is 3. The summed E-state index contributed by atoms with van der Waals surface area (Å²) in [4.78, 5) is 29.2. The van der Waals surface area contributed by atoms with Crippen LogP contribution in [0.1, 0.15) is 5.69 Å². The second kappa shape index (κ2) is 5.18. The molecule has 0 aromatic carbocycles. The van der Waals surface area contributed by atoms with Crippen molar-refractivity contribution in [3.63, 3.8) is 0 Å². The normalized spacial score (nSPS) is 10.3. The second-order valence-corrected chi connectivity index (χ2v) is 4.50. The van der Waals surface area contributed by atoms with Crippen LogP contribution in [0.4, 0.5) is 5.69 Å². The highest BCUT2D eigenvalue weighted by atomic mass is 79.9. The van der Waals surface area contributed by atoms with Crippen molar-refractivity contribution in [2.45, 2.75) is 6.54 Å². The summed E-state index contributed by atoms with van der Waals surface area (Å²) in [5.74, 6) is 0. The van der Waals surface area contributed by atoms with Gasteiger partial charge in [0.15, 0.2) is 0 Å². The number of nitrogens with one attached hydrogen (secondary N) is 2. The van der Waals surface area contributed by atoms with Crippen molar-refractivity contribution in [2.24, 2.45) is 0 Å². The molecule has 0 aliphatic rings. The Labute approximate surface area is 111 Å². The number of rotatable bonds is 3. The van der Waals surface area contributed by atoms with E-state index in [4.69, 9.17) is 0 Å². The Morgan fingerprint density at radius 1 is 1.50 bits per heavy atom. The van der Waals surface area contributed by atoms with Gasteiger partial charge in [0, 0.05) is 25.1 Å². The molecule has 2 heterocycles. The van der Waals surface area contributed by atoms with Gasteiger partial charge in [0.1, 0.15) is 0 Å². The molecule has 0 aliphatic heterocycles. The van der Waals surface area contributed by atoms with Gasteiger partial charge < -0.3 is 5.32 Å². The van der Waals surface area contributed by atoms with Gasteiger partial charge in [-0.25, -0.2) is 4.79 Å². The average molecular weight is 311 g/mol. The molecule has 0 saturated heterocycles. The van der Waals surface area contributed by atoms with E-state index < -0.39 is 11.2 Å². The van der Waals surface area contributed by atoms with Gasteiger partial charge in [0.2, 0.25) is 0 Å². The zero-order chi connectivity index (χ0) is 13.1. The smallest absolute Gasteiger partial charge is 0.328 e. The molecule has 0 bridgehead atoms. The summed E-state index contributed by atoms with van der Waals surface area (Å²) in [6.45, 7) is 0.295. The Balaban J connectivity index is 2.36. The maximum atomic E-state index is 11.6. The standard InChI is InChI=1S/C11H11BrN4O2/c1-13-7-2-3-14-8(4-7)5-16-6-9(12)10(17)15-11(16)18/h2-4,6H,5H2,1H3,(H,13,14)(H,15,17,18). The van der Waals surface area contributed by atoms with E-state index >= 15 is 0 Å². The molecule has 0 aliphatic carbocycles. The molecule has 0 spiro atoms. The number of pyridine rings is 1. The molecule has 7 heteroatoms. The largest absolute Gasteiger partial charge is 0.388 e. The Hall–Kier alpha value is -1.89. The van der Waals surface area contributed by atoms with Crippen molar-refractivity contribution in [3.05, 3.63) is 55.5 Å². The first-order valence-corrected chi connectivity index (χ1v) is 6.01. The van der Waals surface area contributed by atoms with Crippen LogP contribution in [0.2, 0.25) is 0 Å². The molecule has 6 nitrogen and oxygen atoms in total. The minimum atomic E-state index is -0.458. The molecule has 0 saturated carbocycles. The van der Waals surface area contributed by atoms with Crippen LogP contribution >= 0.6 is 15.9 Å². The minimum absolute atomic E-state index is 0.295. The first-order chi connectivity index (χ1) is 8.60. The molecule has 2 aromatic rings. The van der Waals surface area contributed by atoms with Crippen molar-refractivity contribution >= 4 is 21.6 Å². The van der Waals surface area contributed by atoms with Crippen molar-refractivity contribution in [3.8, 4) is 0 Å². The van der Waals surface area contributed by atoms with Crippen LogP contribution in [0.5, 0.6) is 0 Å². The highest BCUT2D eigenvalue weighted by Crippen LogP contribution is 2.08. The molecule has 94 valence electrons. The SMILES string of the molecule is CNc1ccnc(Cn2cc(Br)c(=O)[nH]c2=O)c1. The minimum Gasteiger partial charge on any atom is -0.388 e. The predicted molar refractivity (Wildman–Crippen MR) is 71.9 cm³/mol. The predicted octanol–water partition coefficient (Wildman–Crippen LogP) is 0.784. The van der Waals surface area contributed by atoms with E-state index in [1.807, 2.05) is 19.2 Å². The maximum absolute atomic E-state index is 11.6. The second-order valence-electron chi connectivity index (χ2n) is 3.65. The summed E-state index contributed by atoms with van der Waals surface area (Å²) in [6, 6.07) is 3.67. The van der Waals surface area contributed by atoms with Crippen LogP contribution in [-0.4, -0.2) is 21.6 Å². The number of nitrogens with zero attached hydrogens (tertiary/aromatic N) is 2. The molecule has 0 radical (unpaired) electrons. The molecule has 0 atom stereocenters. The van der Waals surface area contributed by atoms with Crippen LogP contribution in [0.3, 0.4) is 0 Å². The van der Waals surface area contributed by atoms with Crippen LogP contribution in [0.15, 0.2) is 38.6 Å². The van der Waals surface area contributed by atoms with Gasteiger partial charge in [0.25, 0.3) is 5.56 Å². The van der Waals surface area contributed by atoms with Gasteiger partial charge in [-0.3, -0.25) is 19.3 Å². The molecular formula is C11H11BrN4O2. The highest BCUT2D eigenvalue weighted by molar-refractivity contribution is 9.10. The zero-order valence-electron chi connectivity index (χ0n) is 9.61. The Morgan fingerprint density at radius 3 is 3.00 bits per heavy atom. The van der Waals surface area contributed by atoms with Gasteiger partial charge in [-0.2, -0.15) is 0 Å². The van der Waals surface area contributed by atoms with Crippen LogP contribution < -0.4 is 16.6 Å². The lowest BCUT2D eigenvalue weighted by molar-refractivity contribution is 0.701. The molecule has 0 amide bonds. The summed E-state index contributed by atoms with van der Waals surface area (Å²) in [5.41, 5.74) is 0.743. The van der Waals surface area contributed by atoms with Gasteiger partial charge in [-0.1, -0.05) is 0 Å². The summed E-state index contributed by atoms with van der Waals surface area (Å²) in [5, 5.41) is 2.99. The number of anilines is 1. The highest BCUT2D eigenvalue weighted by Gasteiger charge is 2.04. The van der Waals surface area contributed by atoms with E-state index in [1.54, 1.807) is 6.20 Å². The van der Waals surface area contributed by atoms with E-state index in [9.17, 15) is 9.59 Å². The van der Waals surface area contributed by atoms with Gasteiger partial charge in [-0.15, -0.1) is 0 Å². The molecule has 2 N–H and O–H groups in total. The molecule has 0 unspecified atom stereocenters. The average Bonchev–Trinajstić information content (AvgIpc) is 2.36. The fourth-order valence-electron chi connectivity index (χ4n) is 1.49. The number of hydrogen-bond acceptors (Lipinski definition) is 4.